The van der Waals surface area contributed by atoms with Gasteiger partial charge < -0.3 is 20.1 Å². The number of hydrogen-bond donors (Lipinski definition) is 1. The molecule has 2 N–H and O–H groups in total. The van der Waals surface area contributed by atoms with Gasteiger partial charge in [-0.15, -0.1) is 0 Å². The van der Waals surface area contributed by atoms with Crippen LogP contribution in [0.4, 0.5) is 0 Å². The van der Waals surface area contributed by atoms with Crippen molar-refractivity contribution in [2.24, 2.45) is 11.1 Å². The summed E-state index contributed by atoms with van der Waals surface area (Å²) in [6.45, 7) is 5.06. The van der Waals surface area contributed by atoms with Gasteiger partial charge in [0, 0.05) is 29.6 Å². The van der Waals surface area contributed by atoms with E-state index in [9.17, 15) is 4.79 Å². The molecule has 1 atom stereocenters. The van der Waals surface area contributed by atoms with Gasteiger partial charge in [-0.3, -0.25) is 4.79 Å². The highest BCUT2D eigenvalue weighted by molar-refractivity contribution is 9.11. The molecule has 146 valence electrons. The van der Waals surface area contributed by atoms with Crippen molar-refractivity contribution in [2.45, 2.75) is 51.2 Å². The predicted molar refractivity (Wildman–Crippen MR) is 106 cm³/mol. The molecule has 2 fully saturated rings. The molecule has 0 bridgehead atoms. The quantitative estimate of drug-likeness (QED) is 0.660. The van der Waals surface area contributed by atoms with Crippen LogP contribution in [0.1, 0.15) is 44.9 Å². The topological polar surface area (TPSA) is 64.8 Å². The lowest BCUT2D eigenvalue weighted by Crippen LogP contribution is -2.44. The van der Waals surface area contributed by atoms with E-state index in [-0.39, 0.29) is 17.5 Å². The first-order valence-corrected chi connectivity index (χ1v) is 10.7. The number of carbonyl (C=O) groups is 1. The third kappa shape index (κ3) is 5.26. The number of ketones is 1. The van der Waals surface area contributed by atoms with Crippen molar-refractivity contribution in [3.8, 4) is 0 Å². The van der Waals surface area contributed by atoms with Crippen molar-refractivity contribution in [1.82, 2.24) is 4.90 Å². The van der Waals surface area contributed by atoms with Crippen LogP contribution in [0.2, 0.25) is 0 Å². The minimum absolute atomic E-state index is 0.00342. The summed E-state index contributed by atoms with van der Waals surface area (Å²) < 4.78 is 12.3. The van der Waals surface area contributed by atoms with Gasteiger partial charge >= 0.3 is 0 Å². The highest BCUT2D eigenvalue weighted by Crippen LogP contribution is 2.41. The van der Waals surface area contributed by atoms with Gasteiger partial charge in [0.05, 0.1) is 6.61 Å². The van der Waals surface area contributed by atoms with E-state index in [1.807, 2.05) is 6.08 Å². The zero-order valence-corrected chi connectivity index (χ0v) is 17.1. The second-order valence-electron chi connectivity index (χ2n) is 7.72. The van der Waals surface area contributed by atoms with E-state index in [1.54, 1.807) is 6.08 Å². The Kier molecular flexibility index (Phi) is 7.46. The standard InChI is InChI=1S/C20H31BrN2O3/c21-17-12-16(15-22)14-20(18(24)13-17)5-8-23(9-6-20)7-3-11-26-19-4-1-2-10-25-19/h12-13,19H,1-11,14-15,22H2. The van der Waals surface area contributed by atoms with E-state index in [0.717, 1.165) is 81.4 Å². The van der Waals surface area contributed by atoms with Crippen LogP contribution in [0.3, 0.4) is 0 Å². The van der Waals surface area contributed by atoms with E-state index in [0.29, 0.717) is 6.54 Å². The number of nitrogens with zero attached hydrogens (tertiary/aromatic N) is 1. The van der Waals surface area contributed by atoms with Gasteiger partial charge in [0.2, 0.25) is 0 Å². The van der Waals surface area contributed by atoms with Crippen molar-refractivity contribution in [3.63, 3.8) is 0 Å². The van der Waals surface area contributed by atoms with Crippen molar-refractivity contribution < 1.29 is 14.3 Å². The van der Waals surface area contributed by atoms with Gasteiger partial charge in [-0.2, -0.15) is 0 Å². The first kappa shape index (κ1) is 20.2. The third-order valence-electron chi connectivity index (χ3n) is 5.83. The molecule has 5 nitrogen and oxygen atoms in total. The Balaban J connectivity index is 1.43. The number of ether oxygens (including phenoxy) is 2. The largest absolute Gasteiger partial charge is 0.353 e. The second kappa shape index (κ2) is 9.60. The number of allylic oxidation sites excluding steroid dienone is 3. The molecule has 2 aliphatic heterocycles. The molecule has 6 heteroatoms. The van der Waals surface area contributed by atoms with Crippen LogP contribution in [0.15, 0.2) is 22.2 Å². The number of halogens is 1. The predicted octanol–water partition coefficient (Wildman–Crippen LogP) is 3.14. The van der Waals surface area contributed by atoms with Gasteiger partial charge in [-0.1, -0.05) is 21.5 Å². The maximum Gasteiger partial charge on any atom is 0.163 e. The van der Waals surface area contributed by atoms with Gasteiger partial charge in [0.15, 0.2) is 12.1 Å². The summed E-state index contributed by atoms with van der Waals surface area (Å²) in [4.78, 5) is 15.2. The average Bonchev–Trinajstić information content (AvgIpc) is 2.77. The van der Waals surface area contributed by atoms with Crippen LogP contribution in [0.25, 0.3) is 0 Å². The monoisotopic (exact) mass is 426 g/mol. The van der Waals surface area contributed by atoms with Gasteiger partial charge in [0.1, 0.15) is 0 Å². The Bertz CT molecular complexity index is 547. The molecule has 3 aliphatic rings. The Morgan fingerprint density at radius 1 is 1.31 bits per heavy atom. The van der Waals surface area contributed by atoms with Crippen LogP contribution in [0, 0.1) is 5.41 Å². The van der Waals surface area contributed by atoms with Gasteiger partial charge in [0.25, 0.3) is 0 Å². The lowest BCUT2D eigenvalue weighted by atomic mass is 9.71. The number of rotatable bonds is 6. The highest BCUT2D eigenvalue weighted by Gasteiger charge is 2.41. The van der Waals surface area contributed by atoms with E-state index < -0.39 is 0 Å². The fourth-order valence-electron chi connectivity index (χ4n) is 4.19. The zero-order chi connectivity index (χ0) is 18.4. The molecule has 0 saturated carbocycles. The SMILES string of the molecule is NCC1=CC(Br)=CC(=O)C2(CCN(CCCOC3CCCCO3)CC2)C1. The van der Waals surface area contributed by atoms with E-state index in [1.165, 1.54) is 6.42 Å². The smallest absolute Gasteiger partial charge is 0.163 e. The minimum atomic E-state index is -0.260. The molecule has 1 aliphatic carbocycles. The lowest BCUT2D eigenvalue weighted by molar-refractivity contribution is -0.163. The van der Waals surface area contributed by atoms with Crippen molar-refractivity contribution in [1.29, 1.82) is 0 Å². The fraction of sp³-hybridized carbons (Fsp3) is 0.750. The molecule has 0 aromatic heterocycles. The molecule has 0 aromatic rings. The zero-order valence-electron chi connectivity index (χ0n) is 15.6. The number of piperidine rings is 1. The first-order chi connectivity index (χ1) is 12.6. The summed E-state index contributed by atoms with van der Waals surface area (Å²) in [7, 11) is 0. The van der Waals surface area contributed by atoms with Crippen molar-refractivity contribution in [3.05, 3.63) is 22.2 Å². The fourth-order valence-corrected chi connectivity index (χ4v) is 4.72. The number of nitrogens with two attached hydrogens (primary N) is 1. The number of carbonyl (C=O) groups excluding carboxylic acids is 1. The second-order valence-corrected chi connectivity index (χ2v) is 8.64. The Morgan fingerprint density at radius 2 is 2.12 bits per heavy atom. The maximum absolute atomic E-state index is 12.8. The third-order valence-corrected chi connectivity index (χ3v) is 6.29. The summed E-state index contributed by atoms with van der Waals surface area (Å²) in [5.41, 5.74) is 6.78. The molecule has 0 amide bonds. The number of hydrogen-bond acceptors (Lipinski definition) is 5. The molecular formula is C20H31BrN2O3. The van der Waals surface area contributed by atoms with E-state index in [2.05, 4.69) is 20.8 Å². The Labute approximate surface area is 165 Å². The van der Waals surface area contributed by atoms with Gasteiger partial charge in [-0.05, 0) is 70.2 Å². The van der Waals surface area contributed by atoms with Crippen molar-refractivity contribution >= 4 is 21.7 Å². The highest BCUT2D eigenvalue weighted by atomic mass is 79.9. The summed E-state index contributed by atoms with van der Waals surface area (Å²) in [5, 5.41) is 0. The van der Waals surface area contributed by atoms with E-state index >= 15 is 0 Å². The van der Waals surface area contributed by atoms with Gasteiger partial charge in [-0.25, -0.2) is 0 Å². The summed E-state index contributed by atoms with van der Waals surface area (Å²) in [5.74, 6) is 0.251. The van der Waals surface area contributed by atoms with Crippen LogP contribution in [0.5, 0.6) is 0 Å². The lowest BCUT2D eigenvalue weighted by Gasteiger charge is -2.40. The minimum Gasteiger partial charge on any atom is -0.353 e. The van der Waals surface area contributed by atoms with E-state index in [4.69, 9.17) is 15.2 Å². The van der Waals surface area contributed by atoms with Crippen LogP contribution in [-0.4, -0.2) is 56.4 Å². The summed E-state index contributed by atoms with van der Waals surface area (Å²) >= 11 is 3.47. The molecule has 1 spiro atoms. The normalized spacial score (nSPS) is 27.2. The summed E-state index contributed by atoms with van der Waals surface area (Å²) in [6.07, 6.45) is 10.8. The van der Waals surface area contributed by atoms with Crippen LogP contribution in [-0.2, 0) is 14.3 Å². The maximum atomic E-state index is 12.8. The first-order valence-electron chi connectivity index (χ1n) is 9.88. The molecule has 0 aromatic carbocycles. The molecule has 1 unspecified atom stereocenters. The molecule has 3 rings (SSSR count). The number of likely N-dealkylation sites (tertiary alicyclic amines) is 1. The Morgan fingerprint density at radius 3 is 2.81 bits per heavy atom. The Hall–Kier alpha value is -0.530. The molecule has 2 heterocycles. The summed E-state index contributed by atoms with van der Waals surface area (Å²) in [6, 6.07) is 0. The molecular weight excluding hydrogens is 396 g/mol. The molecule has 2 saturated heterocycles. The van der Waals surface area contributed by atoms with Crippen LogP contribution < -0.4 is 5.73 Å². The van der Waals surface area contributed by atoms with Crippen LogP contribution >= 0.6 is 15.9 Å². The molecule has 26 heavy (non-hydrogen) atoms. The van der Waals surface area contributed by atoms with Crippen molar-refractivity contribution in [2.75, 3.05) is 39.4 Å². The average molecular weight is 427 g/mol. The molecule has 0 radical (unpaired) electrons.